The molecule has 0 amide bonds. The molecule has 0 saturated carbocycles. The van der Waals surface area contributed by atoms with Gasteiger partial charge < -0.3 is 0 Å². The van der Waals surface area contributed by atoms with Gasteiger partial charge in [0.25, 0.3) is 6.43 Å². The summed E-state index contributed by atoms with van der Waals surface area (Å²) in [5, 5.41) is 0. The highest BCUT2D eigenvalue weighted by atomic mass is 127. The fourth-order valence-corrected chi connectivity index (χ4v) is 1.91. The van der Waals surface area contributed by atoms with E-state index < -0.39 is 24.0 Å². The zero-order valence-electron chi connectivity index (χ0n) is 7.37. The van der Waals surface area contributed by atoms with Crippen LogP contribution in [0.3, 0.4) is 0 Å². The SMILES string of the molecule is Cc1cc(I)c(C(F)(F)F)nc1C(F)F. The number of pyridine rings is 1. The molecule has 0 N–H and O–H groups in total. The van der Waals surface area contributed by atoms with E-state index in [9.17, 15) is 22.0 Å². The van der Waals surface area contributed by atoms with Crippen molar-refractivity contribution < 1.29 is 22.0 Å². The lowest BCUT2D eigenvalue weighted by atomic mass is 10.2. The van der Waals surface area contributed by atoms with Gasteiger partial charge in [0.1, 0.15) is 5.69 Å². The normalized spacial score (nSPS) is 12.3. The van der Waals surface area contributed by atoms with Crippen LogP contribution in [0.4, 0.5) is 22.0 Å². The van der Waals surface area contributed by atoms with Gasteiger partial charge in [-0.05, 0) is 41.1 Å². The highest BCUT2D eigenvalue weighted by molar-refractivity contribution is 14.1. The molecule has 7 heteroatoms. The van der Waals surface area contributed by atoms with Gasteiger partial charge in [-0.25, -0.2) is 13.8 Å². The first-order chi connectivity index (χ1) is 6.73. The van der Waals surface area contributed by atoms with Crippen LogP contribution in [-0.4, -0.2) is 4.98 Å². The minimum Gasteiger partial charge on any atom is -0.241 e. The molecule has 84 valence electrons. The molecule has 0 unspecified atom stereocenters. The van der Waals surface area contributed by atoms with Crippen molar-refractivity contribution in [3.8, 4) is 0 Å². The van der Waals surface area contributed by atoms with Gasteiger partial charge in [-0.1, -0.05) is 0 Å². The minimum absolute atomic E-state index is 0.0578. The number of hydrogen-bond donors (Lipinski definition) is 0. The van der Waals surface area contributed by atoms with E-state index in [1.165, 1.54) is 29.5 Å². The molecule has 15 heavy (non-hydrogen) atoms. The van der Waals surface area contributed by atoms with Gasteiger partial charge >= 0.3 is 6.18 Å². The van der Waals surface area contributed by atoms with Crippen LogP contribution in [0, 0.1) is 10.5 Å². The second kappa shape index (κ2) is 4.18. The number of alkyl halides is 5. The first-order valence-corrected chi connectivity index (χ1v) is 4.83. The lowest BCUT2D eigenvalue weighted by Crippen LogP contribution is -2.13. The monoisotopic (exact) mass is 337 g/mol. The summed E-state index contributed by atoms with van der Waals surface area (Å²) in [6.45, 7) is 1.30. The topological polar surface area (TPSA) is 12.9 Å². The molecule has 0 bridgehead atoms. The Balaban J connectivity index is 3.37. The third-order valence-corrected chi connectivity index (χ3v) is 2.50. The van der Waals surface area contributed by atoms with Gasteiger partial charge in [-0.2, -0.15) is 13.2 Å². The van der Waals surface area contributed by atoms with Gasteiger partial charge in [0.15, 0.2) is 5.69 Å². The molecule has 1 heterocycles. The molecule has 1 aromatic heterocycles. The first kappa shape index (κ1) is 12.6. The van der Waals surface area contributed by atoms with E-state index in [-0.39, 0.29) is 9.13 Å². The quantitative estimate of drug-likeness (QED) is 0.559. The smallest absolute Gasteiger partial charge is 0.241 e. The summed E-state index contributed by atoms with van der Waals surface area (Å²) in [5.74, 6) is 0. The molecule has 0 radical (unpaired) electrons. The molecular weight excluding hydrogens is 332 g/mol. The van der Waals surface area contributed by atoms with Gasteiger partial charge in [-0.15, -0.1) is 0 Å². The third-order valence-electron chi connectivity index (χ3n) is 1.68. The average Bonchev–Trinajstić information content (AvgIpc) is 2.00. The number of halogens is 6. The van der Waals surface area contributed by atoms with Crippen LogP contribution >= 0.6 is 22.6 Å². The Morgan fingerprint density at radius 1 is 1.33 bits per heavy atom. The molecule has 1 rings (SSSR count). The van der Waals surface area contributed by atoms with Crippen LogP contribution in [0.15, 0.2) is 6.07 Å². The molecule has 0 fully saturated rings. The number of rotatable bonds is 1. The Hall–Kier alpha value is -0.470. The lowest BCUT2D eigenvalue weighted by Gasteiger charge is -2.11. The number of hydrogen-bond acceptors (Lipinski definition) is 1. The Morgan fingerprint density at radius 3 is 2.27 bits per heavy atom. The van der Waals surface area contributed by atoms with Crippen molar-refractivity contribution in [1.82, 2.24) is 4.98 Å². The average molecular weight is 337 g/mol. The minimum atomic E-state index is -4.70. The number of aryl methyl sites for hydroxylation is 1. The predicted octanol–water partition coefficient (Wildman–Crippen LogP) is 3.95. The second-order valence-electron chi connectivity index (χ2n) is 2.82. The summed E-state index contributed by atoms with van der Waals surface area (Å²) in [5.41, 5.74) is -2.02. The van der Waals surface area contributed by atoms with Crippen molar-refractivity contribution in [2.45, 2.75) is 19.5 Å². The third kappa shape index (κ3) is 2.76. The van der Waals surface area contributed by atoms with E-state index >= 15 is 0 Å². The fraction of sp³-hybridized carbons (Fsp3) is 0.375. The molecular formula is C8H5F5IN. The molecule has 0 spiro atoms. The summed E-state index contributed by atoms with van der Waals surface area (Å²) >= 11 is 1.42. The van der Waals surface area contributed by atoms with Crippen LogP contribution in [0.25, 0.3) is 0 Å². The predicted molar refractivity (Wildman–Crippen MR) is 51.6 cm³/mol. The Morgan fingerprint density at radius 2 is 1.87 bits per heavy atom. The lowest BCUT2D eigenvalue weighted by molar-refractivity contribution is -0.142. The van der Waals surface area contributed by atoms with Crippen LogP contribution in [0.5, 0.6) is 0 Å². The Kier molecular flexibility index (Phi) is 3.51. The summed E-state index contributed by atoms with van der Waals surface area (Å²) in [7, 11) is 0. The van der Waals surface area contributed by atoms with Crippen molar-refractivity contribution in [3.63, 3.8) is 0 Å². The number of aromatic nitrogens is 1. The second-order valence-corrected chi connectivity index (χ2v) is 3.98. The maximum Gasteiger partial charge on any atom is 0.434 e. The van der Waals surface area contributed by atoms with E-state index in [0.717, 1.165) is 6.07 Å². The van der Waals surface area contributed by atoms with Crippen LogP contribution in [-0.2, 0) is 6.18 Å². The van der Waals surface area contributed by atoms with Crippen LogP contribution < -0.4 is 0 Å². The summed E-state index contributed by atoms with van der Waals surface area (Å²) in [6.07, 6.45) is -7.70. The van der Waals surface area contributed by atoms with E-state index in [1.54, 1.807) is 0 Å². The largest absolute Gasteiger partial charge is 0.434 e. The molecule has 1 nitrogen and oxygen atoms in total. The van der Waals surface area contributed by atoms with Crippen LogP contribution in [0.1, 0.15) is 23.4 Å². The highest BCUT2D eigenvalue weighted by Gasteiger charge is 2.36. The van der Waals surface area contributed by atoms with Gasteiger partial charge in [0.2, 0.25) is 0 Å². The van der Waals surface area contributed by atoms with Gasteiger partial charge in [0, 0.05) is 3.57 Å². The van der Waals surface area contributed by atoms with Gasteiger partial charge in [0.05, 0.1) is 0 Å². The maximum absolute atomic E-state index is 12.3. The van der Waals surface area contributed by atoms with Gasteiger partial charge in [-0.3, -0.25) is 0 Å². The van der Waals surface area contributed by atoms with Crippen molar-refractivity contribution in [1.29, 1.82) is 0 Å². The molecule has 1 aromatic rings. The standard InChI is InChI=1S/C8H5F5IN/c1-3-2-4(14)6(8(11,12)13)15-5(3)7(9)10/h2,7H,1H3. The summed E-state index contributed by atoms with van der Waals surface area (Å²) < 4.78 is 61.3. The van der Waals surface area contributed by atoms with Crippen molar-refractivity contribution in [2.75, 3.05) is 0 Å². The molecule has 0 saturated heterocycles. The first-order valence-electron chi connectivity index (χ1n) is 3.76. The van der Waals surface area contributed by atoms with E-state index in [4.69, 9.17) is 0 Å². The highest BCUT2D eigenvalue weighted by Crippen LogP contribution is 2.34. The molecule has 0 atom stereocenters. The van der Waals surface area contributed by atoms with Crippen molar-refractivity contribution >= 4 is 22.6 Å². The van der Waals surface area contributed by atoms with E-state index in [1.807, 2.05) is 0 Å². The number of nitrogens with zero attached hydrogens (tertiary/aromatic N) is 1. The Bertz CT molecular complexity index is 374. The van der Waals surface area contributed by atoms with E-state index in [2.05, 4.69) is 4.98 Å². The zero-order valence-corrected chi connectivity index (χ0v) is 9.53. The molecule has 0 aliphatic rings. The Labute approximate surface area is 95.8 Å². The summed E-state index contributed by atoms with van der Waals surface area (Å²) in [4.78, 5) is 2.96. The van der Waals surface area contributed by atoms with Crippen molar-refractivity contribution in [2.24, 2.45) is 0 Å². The summed E-state index contributed by atoms with van der Waals surface area (Å²) in [6, 6.07) is 1.05. The van der Waals surface area contributed by atoms with Crippen LogP contribution in [0.2, 0.25) is 0 Å². The maximum atomic E-state index is 12.3. The fourth-order valence-electron chi connectivity index (χ4n) is 1.01. The molecule has 0 aliphatic heterocycles. The van der Waals surface area contributed by atoms with E-state index in [0.29, 0.717) is 0 Å². The molecule has 0 aliphatic carbocycles. The molecule has 0 aromatic carbocycles. The zero-order chi connectivity index (χ0) is 11.8. The van der Waals surface area contributed by atoms with Crippen molar-refractivity contribution in [3.05, 3.63) is 26.6 Å².